The quantitative estimate of drug-likeness (QED) is 0.656. The van der Waals surface area contributed by atoms with Gasteiger partial charge in [0.1, 0.15) is 6.04 Å². The number of aliphatic hydroxyl groups excluding tert-OH is 1. The Morgan fingerprint density at radius 3 is 2.73 bits per heavy atom. The first kappa shape index (κ1) is 12.0. The molecule has 2 N–H and O–H groups in total. The number of likely N-dealkylation sites (tertiary alicyclic amines) is 1. The second-order valence-electron chi connectivity index (χ2n) is 4.04. The number of hydrogen-bond donors (Lipinski definition) is 2. The van der Waals surface area contributed by atoms with E-state index in [1.807, 2.05) is 0 Å². The van der Waals surface area contributed by atoms with E-state index in [2.05, 4.69) is 5.32 Å². The van der Waals surface area contributed by atoms with Gasteiger partial charge in [0.05, 0.1) is 0 Å². The topological polar surface area (TPSA) is 69.6 Å². The molecule has 0 radical (unpaired) electrons. The molecule has 1 saturated heterocycles. The van der Waals surface area contributed by atoms with Crippen molar-refractivity contribution in [3.8, 4) is 0 Å². The van der Waals surface area contributed by atoms with Crippen LogP contribution < -0.4 is 5.32 Å². The highest BCUT2D eigenvalue weighted by atomic mass is 16.3. The molecule has 5 nitrogen and oxygen atoms in total. The summed E-state index contributed by atoms with van der Waals surface area (Å²) in [6, 6.07) is -0.472. The summed E-state index contributed by atoms with van der Waals surface area (Å²) < 4.78 is 0. The molecule has 0 aromatic carbocycles. The first-order chi connectivity index (χ1) is 7.04. The molecule has 1 rings (SSSR count). The monoisotopic (exact) mass is 214 g/mol. The van der Waals surface area contributed by atoms with Gasteiger partial charge in [-0.05, 0) is 13.3 Å². The summed E-state index contributed by atoms with van der Waals surface area (Å²) in [7, 11) is 0. The van der Waals surface area contributed by atoms with Gasteiger partial charge in [-0.25, -0.2) is 0 Å². The summed E-state index contributed by atoms with van der Waals surface area (Å²) in [4.78, 5) is 24.2. The lowest BCUT2D eigenvalue weighted by molar-refractivity contribution is -0.134. The average Bonchev–Trinajstić information content (AvgIpc) is 2.63. The van der Waals surface area contributed by atoms with Crippen LogP contribution in [0.4, 0.5) is 0 Å². The normalized spacial score (nSPS) is 22.6. The summed E-state index contributed by atoms with van der Waals surface area (Å²) in [5.41, 5.74) is 0. The van der Waals surface area contributed by atoms with Gasteiger partial charge in [-0.2, -0.15) is 0 Å². The lowest BCUT2D eigenvalue weighted by atomic mass is 10.1. The highest BCUT2D eigenvalue weighted by molar-refractivity contribution is 5.86. The largest absolute Gasteiger partial charge is 0.396 e. The van der Waals surface area contributed by atoms with E-state index < -0.39 is 6.04 Å². The molecule has 15 heavy (non-hydrogen) atoms. The number of carbonyl (C=O) groups excluding carboxylic acids is 2. The SMILES string of the molecule is CC(=O)NC(C)C(=O)N1CCC(CO)C1. The fourth-order valence-corrected chi connectivity index (χ4v) is 1.82. The zero-order valence-corrected chi connectivity index (χ0v) is 9.19. The van der Waals surface area contributed by atoms with Crippen molar-refractivity contribution in [1.29, 1.82) is 0 Å². The number of rotatable bonds is 3. The van der Waals surface area contributed by atoms with Crippen molar-refractivity contribution in [1.82, 2.24) is 10.2 Å². The summed E-state index contributed by atoms with van der Waals surface area (Å²) in [6.07, 6.45) is 0.842. The maximum absolute atomic E-state index is 11.8. The molecule has 2 unspecified atom stereocenters. The fraction of sp³-hybridized carbons (Fsp3) is 0.800. The standard InChI is InChI=1S/C10H18N2O3/c1-7(11-8(2)14)10(15)12-4-3-9(5-12)6-13/h7,9,13H,3-6H2,1-2H3,(H,11,14). The van der Waals surface area contributed by atoms with E-state index in [0.717, 1.165) is 6.42 Å². The Bertz CT molecular complexity index is 255. The number of nitrogens with one attached hydrogen (secondary N) is 1. The fourth-order valence-electron chi connectivity index (χ4n) is 1.82. The van der Waals surface area contributed by atoms with Gasteiger partial charge in [0, 0.05) is 32.5 Å². The second kappa shape index (κ2) is 5.11. The number of nitrogens with zero attached hydrogens (tertiary/aromatic N) is 1. The molecule has 0 aliphatic carbocycles. The molecule has 1 aliphatic heterocycles. The Labute approximate surface area is 89.4 Å². The molecule has 1 aliphatic rings. The Balaban J connectivity index is 2.44. The molecule has 2 atom stereocenters. The van der Waals surface area contributed by atoms with E-state index in [0.29, 0.717) is 13.1 Å². The molecule has 1 fully saturated rings. The molecular weight excluding hydrogens is 196 g/mol. The second-order valence-corrected chi connectivity index (χ2v) is 4.04. The van der Waals surface area contributed by atoms with Crippen molar-refractivity contribution in [2.75, 3.05) is 19.7 Å². The van der Waals surface area contributed by atoms with E-state index in [9.17, 15) is 9.59 Å². The maximum atomic E-state index is 11.8. The van der Waals surface area contributed by atoms with Crippen molar-refractivity contribution in [3.63, 3.8) is 0 Å². The van der Waals surface area contributed by atoms with E-state index >= 15 is 0 Å². The van der Waals surface area contributed by atoms with Crippen LogP contribution in [0.1, 0.15) is 20.3 Å². The zero-order chi connectivity index (χ0) is 11.4. The van der Waals surface area contributed by atoms with Crippen LogP contribution in [0.25, 0.3) is 0 Å². The van der Waals surface area contributed by atoms with Crippen LogP contribution in [0.3, 0.4) is 0 Å². The number of amides is 2. The molecule has 0 saturated carbocycles. The summed E-state index contributed by atoms with van der Waals surface area (Å²) in [5.74, 6) is -0.0756. The van der Waals surface area contributed by atoms with E-state index in [1.54, 1.807) is 11.8 Å². The smallest absolute Gasteiger partial charge is 0.244 e. The van der Waals surface area contributed by atoms with Gasteiger partial charge in [-0.3, -0.25) is 9.59 Å². The van der Waals surface area contributed by atoms with E-state index in [-0.39, 0.29) is 24.3 Å². The third-order valence-electron chi connectivity index (χ3n) is 2.65. The first-order valence-electron chi connectivity index (χ1n) is 5.21. The van der Waals surface area contributed by atoms with Crippen LogP contribution >= 0.6 is 0 Å². The predicted molar refractivity (Wildman–Crippen MR) is 55.1 cm³/mol. The summed E-state index contributed by atoms with van der Waals surface area (Å²) in [5, 5.41) is 11.5. The Hall–Kier alpha value is -1.10. The molecule has 0 aromatic heterocycles. The lowest BCUT2D eigenvalue weighted by Crippen LogP contribution is -2.45. The Morgan fingerprint density at radius 1 is 1.60 bits per heavy atom. The third kappa shape index (κ3) is 3.20. The highest BCUT2D eigenvalue weighted by Gasteiger charge is 2.28. The zero-order valence-electron chi connectivity index (χ0n) is 9.19. The maximum Gasteiger partial charge on any atom is 0.244 e. The number of carbonyl (C=O) groups is 2. The van der Waals surface area contributed by atoms with Gasteiger partial charge in [0.2, 0.25) is 11.8 Å². The van der Waals surface area contributed by atoms with Crippen LogP contribution in [0, 0.1) is 5.92 Å². The van der Waals surface area contributed by atoms with E-state index in [4.69, 9.17) is 5.11 Å². The van der Waals surface area contributed by atoms with Crippen LogP contribution in [-0.4, -0.2) is 47.6 Å². The molecular formula is C10H18N2O3. The summed E-state index contributed by atoms with van der Waals surface area (Å²) in [6.45, 7) is 4.46. The van der Waals surface area contributed by atoms with Gasteiger partial charge in [-0.1, -0.05) is 0 Å². The predicted octanol–water partition coefficient (Wildman–Crippen LogP) is -0.648. The molecule has 5 heteroatoms. The van der Waals surface area contributed by atoms with Crippen molar-refractivity contribution < 1.29 is 14.7 Å². The van der Waals surface area contributed by atoms with Crippen LogP contribution in [-0.2, 0) is 9.59 Å². The highest BCUT2D eigenvalue weighted by Crippen LogP contribution is 2.16. The number of hydrogen-bond acceptors (Lipinski definition) is 3. The summed E-state index contributed by atoms with van der Waals surface area (Å²) >= 11 is 0. The van der Waals surface area contributed by atoms with Crippen LogP contribution in [0.2, 0.25) is 0 Å². The Morgan fingerprint density at radius 2 is 2.27 bits per heavy atom. The van der Waals surface area contributed by atoms with Gasteiger partial charge >= 0.3 is 0 Å². The minimum atomic E-state index is -0.472. The molecule has 86 valence electrons. The van der Waals surface area contributed by atoms with Gasteiger partial charge < -0.3 is 15.3 Å². The molecule has 0 bridgehead atoms. The first-order valence-corrected chi connectivity index (χ1v) is 5.21. The van der Waals surface area contributed by atoms with Crippen LogP contribution in [0.15, 0.2) is 0 Å². The molecule has 2 amide bonds. The molecule has 0 aromatic rings. The van der Waals surface area contributed by atoms with Crippen molar-refractivity contribution in [2.45, 2.75) is 26.3 Å². The van der Waals surface area contributed by atoms with Gasteiger partial charge in [0.15, 0.2) is 0 Å². The van der Waals surface area contributed by atoms with Gasteiger partial charge in [-0.15, -0.1) is 0 Å². The van der Waals surface area contributed by atoms with Crippen molar-refractivity contribution >= 4 is 11.8 Å². The lowest BCUT2D eigenvalue weighted by Gasteiger charge is -2.21. The van der Waals surface area contributed by atoms with Gasteiger partial charge in [0.25, 0.3) is 0 Å². The van der Waals surface area contributed by atoms with E-state index in [1.165, 1.54) is 6.92 Å². The van der Waals surface area contributed by atoms with Crippen molar-refractivity contribution in [2.24, 2.45) is 5.92 Å². The average molecular weight is 214 g/mol. The van der Waals surface area contributed by atoms with Crippen molar-refractivity contribution in [3.05, 3.63) is 0 Å². The minimum absolute atomic E-state index is 0.0684. The molecule has 1 heterocycles. The van der Waals surface area contributed by atoms with Crippen LogP contribution in [0.5, 0.6) is 0 Å². The Kier molecular flexibility index (Phi) is 4.08. The third-order valence-corrected chi connectivity index (χ3v) is 2.65. The number of aliphatic hydroxyl groups is 1. The minimum Gasteiger partial charge on any atom is -0.396 e. The molecule has 0 spiro atoms.